The second-order valence-corrected chi connectivity index (χ2v) is 6.16. The minimum Gasteiger partial charge on any atom is -0.477 e. The van der Waals surface area contributed by atoms with Crippen molar-refractivity contribution in [2.45, 2.75) is 33.1 Å². The fraction of sp³-hybridized carbons (Fsp3) is 0.294. The van der Waals surface area contributed by atoms with Gasteiger partial charge in [-0.3, -0.25) is 4.40 Å². The maximum absolute atomic E-state index is 11.5. The standard InChI is InChI=1S/C17H18N2O2S/c1-3-8-13-15(16(20)21)22-17-18-14(12(4-2)19(13)17)11-9-6-5-7-10-11/h5-7,9-10H,3-4,8H2,1-2H3,(H,20,21). The van der Waals surface area contributed by atoms with Gasteiger partial charge < -0.3 is 5.11 Å². The number of fused-ring (bicyclic) bond motifs is 1. The molecule has 0 amide bonds. The summed E-state index contributed by atoms with van der Waals surface area (Å²) in [7, 11) is 0. The normalized spacial score (nSPS) is 11.2. The van der Waals surface area contributed by atoms with E-state index < -0.39 is 5.97 Å². The van der Waals surface area contributed by atoms with E-state index in [9.17, 15) is 9.90 Å². The molecule has 0 aliphatic carbocycles. The fourth-order valence-corrected chi connectivity index (χ4v) is 3.84. The highest BCUT2D eigenvalue weighted by Gasteiger charge is 2.23. The number of aryl methyl sites for hydroxylation is 2. The molecule has 114 valence electrons. The molecule has 0 aliphatic rings. The number of hydrogen-bond donors (Lipinski definition) is 1. The first kappa shape index (κ1) is 14.8. The van der Waals surface area contributed by atoms with Gasteiger partial charge in [0.15, 0.2) is 4.96 Å². The van der Waals surface area contributed by atoms with Gasteiger partial charge in [0.05, 0.1) is 11.4 Å². The minimum atomic E-state index is -0.859. The molecule has 2 heterocycles. The maximum Gasteiger partial charge on any atom is 0.347 e. The summed E-state index contributed by atoms with van der Waals surface area (Å²) in [6, 6.07) is 10.1. The monoisotopic (exact) mass is 314 g/mol. The number of carboxylic acids is 1. The Balaban J connectivity index is 2.28. The van der Waals surface area contributed by atoms with Crippen molar-refractivity contribution in [1.82, 2.24) is 9.38 Å². The van der Waals surface area contributed by atoms with Crippen LogP contribution in [0.25, 0.3) is 16.2 Å². The molecule has 2 aromatic heterocycles. The Morgan fingerprint density at radius 2 is 1.95 bits per heavy atom. The Hall–Kier alpha value is -2.14. The van der Waals surface area contributed by atoms with E-state index in [1.165, 1.54) is 11.3 Å². The second kappa shape index (κ2) is 5.93. The number of thiazole rings is 1. The largest absolute Gasteiger partial charge is 0.477 e. The predicted octanol–water partition coefficient (Wildman–Crippen LogP) is 4.28. The van der Waals surface area contributed by atoms with Crippen molar-refractivity contribution >= 4 is 22.3 Å². The molecule has 5 heteroatoms. The average Bonchev–Trinajstić information content (AvgIpc) is 3.05. The summed E-state index contributed by atoms with van der Waals surface area (Å²) < 4.78 is 2.06. The minimum absolute atomic E-state index is 0.415. The maximum atomic E-state index is 11.5. The summed E-state index contributed by atoms with van der Waals surface area (Å²) in [5.74, 6) is -0.859. The van der Waals surface area contributed by atoms with E-state index in [0.29, 0.717) is 4.88 Å². The van der Waals surface area contributed by atoms with Crippen LogP contribution in [0.2, 0.25) is 0 Å². The van der Waals surface area contributed by atoms with E-state index in [-0.39, 0.29) is 0 Å². The summed E-state index contributed by atoms with van der Waals surface area (Å²) in [5.41, 5.74) is 4.01. The van der Waals surface area contributed by atoms with Crippen molar-refractivity contribution in [1.29, 1.82) is 0 Å². The summed E-state index contributed by atoms with van der Waals surface area (Å²) in [6.07, 6.45) is 2.48. The lowest BCUT2D eigenvalue weighted by Crippen LogP contribution is -2.03. The molecule has 0 saturated heterocycles. The highest BCUT2D eigenvalue weighted by molar-refractivity contribution is 7.19. The van der Waals surface area contributed by atoms with Gasteiger partial charge in [0.25, 0.3) is 0 Å². The number of imidazole rings is 1. The van der Waals surface area contributed by atoms with Gasteiger partial charge in [-0.25, -0.2) is 9.78 Å². The number of rotatable bonds is 5. The van der Waals surface area contributed by atoms with Gasteiger partial charge >= 0.3 is 5.97 Å². The van der Waals surface area contributed by atoms with Crippen molar-refractivity contribution in [2.75, 3.05) is 0 Å². The van der Waals surface area contributed by atoms with Crippen LogP contribution in [0.4, 0.5) is 0 Å². The Morgan fingerprint density at radius 1 is 1.23 bits per heavy atom. The topological polar surface area (TPSA) is 54.6 Å². The molecule has 4 nitrogen and oxygen atoms in total. The third kappa shape index (κ3) is 2.31. The third-order valence-electron chi connectivity index (χ3n) is 3.73. The fourth-order valence-electron chi connectivity index (χ4n) is 2.81. The summed E-state index contributed by atoms with van der Waals surface area (Å²) in [4.78, 5) is 17.4. The van der Waals surface area contributed by atoms with Crippen molar-refractivity contribution < 1.29 is 9.90 Å². The van der Waals surface area contributed by atoms with E-state index in [1.54, 1.807) is 0 Å². The van der Waals surface area contributed by atoms with Crippen LogP contribution in [-0.4, -0.2) is 20.5 Å². The van der Waals surface area contributed by atoms with Gasteiger partial charge in [0.2, 0.25) is 0 Å². The van der Waals surface area contributed by atoms with Gasteiger partial charge in [-0.2, -0.15) is 0 Å². The molecule has 0 aliphatic heterocycles. The Labute approximate surface area is 133 Å². The van der Waals surface area contributed by atoms with E-state index in [4.69, 9.17) is 4.98 Å². The molecular weight excluding hydrogens is 296 g/mol. The highest BCUT2D eigenvalue weighted by atomic mass is 32.1. The number of benzene rings is 1. The number of aromatic nitrogens is 2. The second-order valence-electron chi connectivity index (χ2n) is 5.18. The van der Waals surface area contributed by atoms with Crippen LogP contribution in [-0.2, 0) is 12.8 Å². The first-order valence-electron chi connectivity index (χ1n) is 7.49. The molecule has 3 aromatic rings. The molecule has 0 radical (unpaired) electrons. The van der Waals surface area contributed by atoms with Crippen molar-refractivity contribution in [3.05, 3.63) is 46.6 Å². The molecule has 1 aromatic carbocycles. The van der Waals surface area contributed by atoms with Gasteiger partial charge in [-0.15, -0.1) is 0 Å². The first-order chi connectivity index (χ1) is 10.7. The lowest BCUT2D eigenvalue weighted by molar-refractivity contribution is 0.0700. The Kier molecular flexibility index (Phi) is 3.98. The van der Waals surface area contributed by atoms with E-state index in [2.05, 4.69) is 18.2 Å². The molecule has 3 rings (SSSR count). The van der Waals surface area contributed by atoms with E-state index >= 15 is 0 Å². The number of carboxylic acid groups (broad SMARTS) is 1. The molecular formula is C17H18N2O2S. The molecule has 0 fully saturated rings. The third-order valence-corrected chi connectivity index (χ3v) is 4.80. The van der Waals surface area contributed by atoms with Crippen molar-refractivity contribution in [2.24, 2.45) is 0 Å². The van der Waals surface area contributed by atoms with Crippen LogP contribution >= 0.6 is 11.3 Å². The van der Waals surface area contributed by atoms with Crippen LogP contribution in [0.1, 0.15) is 41.3 Å². The smallest absolute Gasteiger partial charge is 0.347 e. The van der Waals surface area contributed by atoms with Crippen LogP contribution in [0, 0.1) is 0 Å². The molecule has 0 spiro atoms. The lowest BCUT2D eigenvalue weighted by Gasteiger charge is -2.05. The van der Waals surface area contributed by atoms with Crippen molar-refractivity contribution in [3.8, 4) is 11.3 Å². The SMILES string of the molecule is CCCc1c(C(=O)O)sc2nc(-c3ccccc3)c(CC)n12. The van der Waals surface area contributed by atoms with Crippen LogP contribution in [0.15, 0.2) is 30.3 Å². The molecule has 0 unspecified atom stereocenters. The van der Waals surface area contributed by atoms with Crippen LogP contribution in [0.3, 0.4) is 0 Å². The first-order valence-corrected chi connectivity index (χ1v) is 8.30. The zero-order chi connectivity index (χ0) is 15.7. The zero-order valence-electron chi connectivity index (χ0n) is 12.7. The summed E-state index contributed by atoms with van der Waals surface area (Å²) >= 11 is 1.27. The van der Waals surface area contributed by atoms with Gasteiger partial charge in [0.1, 0.15) is 4.88 Å². The lowest BCUT2D eigenvalue weighted by atomic mass is 10.1. The number of nitrogens with zero attached hydrogens (tertiary/aromatic N) is 2. The highest BCUT2D eigenvalue weighted by Crippen LogP contribution is 2.32. The Bertz CT molecular complexity index is 818. The number of hydrogen-bond acceptors (Lipinski definition) is 3. The molecule has 1 N–H and O–H groups in total. The average molecular weight is 314 g/mol. The number of carbonyl (C=O) groups is 1. The summed E-state index contributed by atoms with van der Waals surface area (Å²) in [5, 5.41) is 9.43. The van der Waals surface area contributed by atoms with E-state index in [1.807, 2.05) is 30.3 Å². The van der Waals surface area contributed by atoms with Gasteiger partial charge in [-0.05, 0) is 12.8 Å². The molecule has 0 bridgehead atoms. The van der Waals surface area contributed by atoms with Crippen molar-refractivity contribution in [3.63, 3.8) is 0 Å². The van der Waals surface area contributed by atoms with E-state index in [0.717, 1.165) is 46.9 Å². The predicted molar refractivity (Wildman–Crippen MR) is 88.8 cm³/mol. The number of aromatic carboxylic acids is 1. The molecule has 22 heavy (non-hydrogen) atoms. The molecule has 0 saturated carbocycles. The van der Waals surface area contributed by atoms with Gasteiger partial charge in [0, 0.05) is 11.3 Å². The van der Waals surface area contributed by atoms with Gasteiger partial charge in [-0.1, -0.05) is 61.9 Å². The van der Waals surface area contributed by atoms with Crippen LogP contribution < -0.4 is 0 Å². The van der Waals surface area contributed by atoms with Crippen LogP contribution in [0.5, 0.6) is 0 Å². The molecule has 0 atom stereocenters. The summed E-state index contributed by atoms with van der Waals surface area (Å²) in [6.45, 7) is 4.15. The Morgan fingerprint density at radius 3 is 2.55 bits per heavy atom. The quantitative estimate of drug-likeness (QED) is 0.765. The zero-order valence-corrected chi connectivity index (χ0v) is 13.5.